The quantitative estimate of drug-likeness (QED) is 0.639. The van der Waals surface area contributed by atoms with Crippen LogP contribution < -0.4 is 5.32 Å². The van der Waals surface area contributed by atoms with E-state index in [-0.39, 0.29) is 10.1 Å². The summed E-state index contributed by atoms with van der Waals surface area (Å²) in [6.07, 6.45) is 1.83. The maximum absolute atomic E-state index is 12.6. The lowest BCUT2D eigenvalue weighted by molar-refractivity contribution is -0.122. The molecular weight excluding hydrogens is 418 g/mol. The Bertz CT molecular complexity index is 879. The van der Waals surface area contributed by atoms with Crippen molar-refractivity contribution in [2.75, 3.05) is 39.3 Å². The van der Waals surface area contributed by atoms with Crippen molar-refractivity contribution in [2.45, 2.75) is 17.1 Å². The number of aryl methyl sites for hydroxylation is 1. The number of benzene rings is 1. The Balaban J connectivity index is 1.37. The molecule has 2 heterocycles. The van der Waals surface area contributed by atoms with E-state index in [0.29, 0.717) is 43.6 Å². The first-order chi connectivity index (χ1) is 13.4. The molecule has 1 saturated heterocycles. The standard InChI is InChI=1S/C19H24ClN3O3S2/c20-17-8-9-19(27-17)28(25,26)23-13-11-22(12-14-23)15-18(24)21-10-4-7-16-5-2-1-3-6-16/h1-3,5-6,8-9H,4,7,10-15H2,(H,21,24). The fourth-order valence-corrected chi connectivity index (χ4v) is 6.17. The predicted molar refractivity (Wildman–Crippen MR) is 112 cm³/mol. The second kappa shape index (κ2) is 9.84. The fraction of sp³-hybridized carbons (Fsp3) is 0.421. The van der Waals surface area contributed by atoms with Crippen LogP contribution in [-0.4, -0.2) is 62.8 Å². The van der Waals surface area contributed by atoms with E-state index < -0.39 is 10.0 Å². The molecule has 9 heteroatoms. The SMILES string of the molecule is O=C(CN1CCN(S(=O)(=O)c2ccc(Cl)s2)CC1)NCCCc1ccccc1. The number of carbonyl (C=O) groups is 1. The monoisotopic (exact) mass is 441 g/mol. The van der Waals surface area contributed by atoms with Gasteiger partial charge >= 0.3 is 0 Å². The van der Waals surface area contributed by atoms with Gasteiger partial charge in [-0.3, -0.25) is 9.69 Å². The Morgan fingerprint density at radius 2 is 1.79 bits per heavy atom. The molecule has 1 fully saturated rings. The van der Waals surface area contributed by atoms with Crippen molar-refractivity contribution in [1.29, 1.82) is 0 Å². The average Bonchev–Trinajstić information content (AvgIpc) is 3.14. The topological polar surface area (TPSA) is 69.7 Å². The number of hydrogen-bond acceptors (Lipinski definition) is 5. The predicted octanol–water partition coefficient (Wildman–Crippen LogP) is 2.46. The van der Waals surface area contributed by atoms with Crippen molar-refractivity contribution >= 4 is 38.9 Å². The van der Waals surface area contributed by atoms with E-state index in [1.807, 2.05) is 23.1 Å². The number of nitrogens with zero attached hydrogens (tertiary/aromatic N) is 2. The van der Waals surface area contributed by atoms with Crippen LogP contribution in [0.15, 0.2) is 46.7 Å². The number of sulfonamides is 1. The summed E-state index contributed by atoms with van der Waals surface area (Å²) in [6, 6.07) is 13.3. The number of hydrogen-bond donors (Lipinski definition) is 1. The van der Waals surface area contributed by atoms with Crippen LogP contribution in [0.3, 0.4) is 0 Å². The van der Waals surface area contributed by atoms with E-state index in [4.69, 9.17) is 11.6 Å². The summed E-state index contributed by atoms with van der Waals surface area (Å²) < 4.78 is 27.4. The minimum atomic E-state index is -3.50. The number of halogens is 1. The van der Waals surface area contributed by atoms with Crippen LogP contribution in [0.2, 0.25) is 4.34 Å². The molecule has 152 valence electrons. The second-order valence-electron chi connectivity index (χ2n) is 6.68. The molecule has 1 aromatic carbocycles. The first kappa shape index (κ1) is 21.3. The molecule has 1 aliphatic rings. The molecule has 1 aromatic heterocycles. The maximum Gasteiger partial charge on any atom is 0.252 e. The summed E-state index contributed by atoms with van der Waals surface area (Å²) in [6.45, 7) is 2.76. The number of carbonyl (C=O) groups excluding carboxylic acids is 1. The first-order valence-corrected chi connectivity index (χ1v) is 11.9. The Kier molecular flexibility index (Phi) is 7.48. The van der Waals surface area contributed by atoms with E-state index in [1.165, 1.54) is 15.9 Å². The van der Waals surface area contributed by atoms with Crippen LogP contribution in [-0.2, 0) is 21.2 Å². The molecule has 0 unspecified atom stereocenters. The summed E-state index contributed by atoms with van der Waals surface area (Å²) in [5.41, 5.74) is 1.26. The molecule has 0 saturated carbocycles. The van der Waals surface area contributed by atoms with Crippen molar-refractivity contribution in [3.63, 3.8) is 0 Å². The number of thiophene rings is 1. The molecule has 6 nitrogen and oxygen atoms in total. The van der Waals surface area contributed by atoms with Crippen LogP contribution in [0.4, 0.5) is 0 Å². The highest BCUT2D eigenvalue weighted by Crippen LogP contribution is 2.28. The van der Waals surface area contributed by atoms with Crippen molar-refractivity contribution in [3.05, 3.63) is 52.4 Å². The van der Waals surface area contributed by atoms with Gasteiger partial charge in [0, 0.05) is 32.7 Å². The van der Waals surface area contributed by atoms with Crippen molar-refractivity contribution in [3.8, 4) is 0 Å². The highest BCUT2D eigenvalue weighted by Gasteiger charge is 2.30. The van der Waals surface area contributed by atoms with Crippen LogP contribution in [0, 0.1) is 0 Å². The molecule has 0 spiro atoms. The lowest BCUT2D eigenvalue weighted by atomic mass is 10.1. The molecule has 2 aromatic rings. The summed E-state index contributed by atoms with van der Waals surface area (Å²) in [7, 11) is -3.50. The molecule has 3 rings (SSSR count). The van der Waals surface area contributed by atoms with Crippen LogP contribution in [0.1, 0.15) is 12.0 Å². The Hall–Kier alpha value is -1.45. The van der Waals surface area contributed by atoms with E-state index in [1.54, 1.807) is 6.07 Å². The lowest BCUT2D eigenvalue weighted by Gasteiger charge is -2.33. The number of piperazine rings is 1. The van der Waals surface area contributed by atoms with Gasteiger partial charge < -0.3 is 5.32 Å². The molecule has 1 aliphatic heterocycles. The van der Waals surface area contributed by atoms with Gasteiger partial charge in [0.15, 0.2) is 0 Å². The summed E-state index contributed by atoms with van der Waals surface area (Å²) in [5.74, 6) is -0.0191. The van der Waals surface area contributed by atoms with Gasteiger partial charge in [0.05, 0.1) is 10.9 Å². The van der Waals surface area contributed by atoms with Gasteiger partial charge in [-0.25, -0.2) is 8.42 Å². The number of amides is 1. The van der Waals surface area contributed by atoms with E-state index in [0.717, 1.165) is 24.2 Å². The number of rotatable bonds is 8. The summed E-state index contributed by atoms with van der Waals surface area (Å²) >= 11 is 6.92. The number of nitrogens with one attached hydrogen (secondary N) is 1. The van der Waals surface area contributed by atoms with Gasteiger partial charge in [-0.1, -0.05) is 41.9 Å². The average molecular weight is 442 g/mol. The molecule has 1 N–H and O–H groups in total. The minimum absolute atomic E-state index is 0.0191. The lowest BCUT2D eigenvalue weighted by Crippen LogP contribution is -2.51. The minimum Gasteiger partial charge on any atom is -0.355 e. The third-order valence-corrected chi connectivity index (χ3v) is 8.25. The highest BCUT2D eigenvalue weighted by molar-refractivity contribution is 7.91. The van der Waals surface area contributed by atoms with Gasteiger partial charge in [0.25, 0.3) is 10.0 Å². The van der Waals surface area contributed by atoms with Crippen molar-refractivity contribution < 1.29 is 13.2 Å². The third-order valence-electron chi connectivity index (χ3n) is 4.65. The van der Waals surface area contributed by atoms with E-state index >= 15 is 0 Å². The highest BCUT2D eigenvalue weighted by atomic mass is 35.5. The Labute approximate surface area is 175 Å². The van der Waals surface area contributed by atoms with Gasteiger partial charge in [-0.15, -0.1) is 11.3 Å². The van der Waals surface area contributed by atoms with Crippen LogP contribution in [0.5, 0.6) is 0 Å². The first-order valence-electron chi connectivity index (χ1n) is 9.23. The molecular formula is C19H24ClN3O3S2. The molecule has 28 heavy (non-hydrogen) atoms. The largest absolute Gasteiger partial charge is 0.355 e. The van der Waals surface area contributed by atoms with E-state index in [9.17, 15) is 13.2 Å². The molecule has 0 bridgehead atoms. The van der Waals surface area contributed by atoms with Crippen LogP contribution >= 0.6 is 22.9 Å². The smallest absolute Gasteiger partial charge is 0.252 e. The molecule has 0 atom stereocenters. The summed E-state index contributed by atoms with van der Waals surface area (Å²) in [5, 5.41) is 2.94. The second-order valence-corrected chi connectivity index (χ2v) is 10.6. The van der Waals surface area contributed by atoms with Gasteiger partial charge in [-0.05, 0) is 30.5 Å². The van der Waals surface area contributed by atoms with Gasteiger partial charge in [0.2, 0.25) is 5.91 Å². The fourth-order valence-electron chi connectivity index (χ4n) is 3.12. The zero-order valence-electron chi connectivity index (χ0n) is 15.5. The van der Waals surface area contributed by atoms with E-state index in [2.05, 4.69) is 17.4 Å². The zero-order chi connectivity index (χ0) is 20.0. The van der Waals surface area contributed by atoms with Gasteiger partial charge in [-0.2, -0.15) is 4.31 Å². The normalized spacial score (nSPS) is 16.2. The zero-order valence-corrected chi connectivity index (χ0v) is 17.9. The molecule has 0 radical (unpaired) electrons. The van der Waals surface area contributed by atoms with Crippen LogP contribution in [0.25, 0.3) is 0 Å². The molecule has 1 amide bonds. The Morgan fingerprint density at radius 1 is 1.07 bits per heavy atom. The third kappa shape index (κ3) is 5.78. The van der Waals surface area contributed by atoms with Crippen molar-refractivity contribution in [2.24, 2.45) is 0 Å². The van der Waals surface area contributed by atoms with Gasteiger partial charge in [0.1, 0.15) is 4.21 Å². The molecule has 0 aliphatic carbocycles. The maximum atomic E-state index is 12.6. The Morgan fingerprint density at radius 3 is 2.43 bits per heavy atom. The summed E-state index contributed by atoms with van der Waals surface area (Å²) in [4.78, 5) is 14.1. The van der Waals surface area contributed by atoms with Crippen molar-refractivity contribution in [1.82, 2.24) is 14.5 Å².